The van der Waals surface area contributed by atoms with Crippen molar-refractivity contribution in [3.63, 3.8) is 0 Å². The van der Waals surface area contributed by atoms with Crippen molar-refractivity contribution in [2.24, 2.45) is 0 Å². The van der Waals surface area contributed by atoms with Crippen molar-refractivity contribution in [1.29, 1.82) is 0 Å². The van der Waals surface area contributed by atoms with Gasteiger partial charge >= 0.3 is 5.97 Å². The van der Waals surface area contributed by atoms with Crippen LogP contribution in [0.5, 0.6) is 0 Å². The van der Waals surface area contributed by atoms with E-state index >= 15 is 0 Å². The fourth-order valence-electron chi connectivity index (χ4n) is 3.14. The van der Waals surface area contributed by atoms with Gasteiger partial charge in [0.1, 0.15) is 6.04 Å². The van der Waals surface area contributed by atoms with Crippen LogP contribution in [0.25, 0.3) is 0 Å². The molecule has 0 radical (unpaired) electrons. The second-order valence-electron chi connectivity index (χ2n) is 5.78. The van der Waals surface area contributed by atoms with E-state index in [1.807, 2.05) is 18.2 Å². The van der Waals surface area contributed by atoms with Gasteiger partial charge in [-0.3, -0.25) is 9.69 Å². The van der Waals surface area contributed by atoms with Gasteiger partial charge in [0.05, 0.1) is 0 Å². The molecule has 2 N–H and O–H groups in total. The molecule has 0 amide bonds. The molecule has 1 aromatic carbocycles. The Morgan fingerprint density at radius 3 is 2.80 bits per heavy atom. The third-order valence-electron chi connectivity index (χ3n) is 4.28. The van der Waals surface area contributed by atoms with E-state index in [9.17, 15) is 9.90 Å². The lowest BCUT2D eigenvalue weighted by Crippen LogP contribution is -2.37. The molecule has 0 spiro atoms. The summed E-state index contributed by atoms with van der Waals surface area (Å²) in [5, 5.41) is 13.1. The highest BCUT2D eigenvalue weighted by Gasteiger charge is 2.33. The molecule has 1 atom stereocenters. The first kappa shape index (κ1) is 13.6. The van der Waals surface area contributed by atoms with Crippen LogP contribution in [0, 0.1) is 0 Å². The Labute approximate surface area is 119 Å². The van der Waals surface area contributed by atoms with Crippen molar-refractivity contribution in [3.8, 4) is 0 Å². The van der Waals surface area contributed by atoms with E-state index < -0.39 is 12.0 Å². The van der Waals surface area contributed by atoms with Crippen LogP contribution < -0.4 is 5.32 Å². The van der Waals surface area contributed by atoms with Crippen LogP contribution >= 0.6 is 0 Å². The maximum Gasteiger partial charge on any atom is 0.325 e. The number of benzene rings is 1. The predicted octanol–water partition coefficient (Wildman–Crippen LogP) is 1.98. The Morgan fingerprint density at radius 1 is 1.25 bits per heavy atom. The number of rotatable bonds is 4. The molecule has 0 aromatic heterocycles. The summed E-state index contributed by atoms with van der Waals surface area (Å²) in [5.41, 5.74) is 2.25. The van der Waals surface area contributed by atoms with E-state index in [0.29, 0.717) is 5.92 Å². The summed E-state index contributed by atoms with van der Waals surface area (Å²) in [7, 11) is 0. The van der Waals surface area contributed by atoms with Crippen molar-refractivity contribution in [2.75, 3.05) is 26.2 Å². The molecule has 1 saturated carbocycles. The number of carbonyl (C=O) groups is 1. The third-order valence-corrected chi connectivity index (χ3v) is 4.28. The molecule has 1 aliphatic heterocycles. The first-order chi connectivity index (χ1) is 9.77. The summed E-state index contributed by atoms with van der Waals surface area (Å²) in [5.74, 6) is -0.141. The highest BCUT2D eigenvalue weighted by atomic mass is 16.4. The molecule has 108 valence electrons. The van der Waals surface area contributed by atoms with E-state index in [1.54, 1.807) is 0 Å². The minimum absolute atomic E-state index is 0.494. The highest BCUT2D eigenvalue weighted by Crippen LogP contribution is 2.43. The quantitative estimate of drug-likeness (QED) is 0.881. The summed E-state index contributed by atoms with van der Waals surface area (Å²) < 4.78 is 0. The molecule has 1 saturated heterocycles. The highest BCUT2D eigenvalue weighted by molar-refractivity contribution is 5.76. The summed E-state index contributed by atoms with van der Waals surface area (Å²) in [4.78, 5) is 14.0. The zero-order valence-electron chi connectivity index (χ0n) is 11.7. The average Bonchev–Trinajstić information content (AvgIpc) is 3.27. The molecular weight excluding hydrogens is 252 g/mol. The van der Waals surface area contributed by atoms with E-state index in [4.69, 9.17) is 0 Å². The first-order valence-electron chi connectivity index (χ1n) is 7.54. The molecule has 4 heteroatoms. The molecule has 1 aliphatic carbocycles. The number of nitrogens with zero attached hydrogens (tertiary/aromatic N) is 1. The van der Waals surface area contributed by atoms with Gasteiger partial charge in [-0.1, -0.05) is 24.3 Å². The molecule has 4 nitrogen and oxygen atoms in total. The van der Waals surface area contributed by atoms with E-state index in [1.165, 1.54) is 18.4 Å². The standard InChI is InChI=1S/C16H22N2O2/c19-16(20)15(18-10-3-8-17-9-11-18)14-5-2-1-4-13(14)12-6-7-12/h1-2,4-5,12,15,17H,3,6-11H2,(H,19,20). The molecular formula is C16H22N2O2. The number of aliphatic carboxylic acids is 1. The minimum atomic E-state index is -0.722. The lowest BCUT2D eigenvalue weighted by Gasteiger charge is -2.29. The molecule has 0 bridgehead atoms. The van der Waals surface area contributed by atoms with Crippen molar-refractivity contribution < 1.29 is 9.90 Å². The largest absolute Gasteiger partial charge is 0.480 e. The molecule has 2 fully saturated rings. The van der Waals surface area contributed by atoms with Gasteiger partial charge in [-0.15, -0.1) is 0 Å². The van der Waals surface area contributed by atoms with Gasteiger partial charge < -0.3 is 10.4 Å². The third kappa shape index (κ3) is 2.86. The van der Waals surface area contributed by atoms with Crippen LogP contribution in [0.2, 0.25) is 0 Å². The van der Waals surface area contributed by atoms with E-state index in [2.05, 4.69) is 16.3 Å². The maximum atomic E-state index is 11.8. The Balaban J connectivity index is 1.91. The van der Waals surface area contributed by atoms with Crippen LogP contribution in [0.15, 0.2) is 24.3 Å². The first-order valence-corrected chi connectivity index (χ1v) is 7.54. The number of carboxylic acid groups (broad SMARTS) is 1. The topological polar surface area (TPSA) is 52.6 Å². The number of nitrogens with one attached hydrogen (secondary N) is 1. The Hall–Kier alpha value is -1.39. The second-order valence-corrected chi connectivity index (χ2v) is 5.78. The summed E-state index contributed by atoms with van der Waals surface area (Å²) >= 11 is 0. The van der Waals surface area contributed by atoms with Gasteiger partial charge in [0.15, 0.2) is 0 Å². The number of carboxylic acids is 1. The van der Waals surface area contributed by atoms with Gasteiger partial charge in [0.2, 0.25) is 0 Å². The van der Waals surface area contributed by atoms with Crippen LogP contribution in [0.4, 0.5) is 0 Å². The fraction of sp³-hybridized carbons (Fsp3) is 0.562. The van der Waals surface area contributed by atoms with Gasteiger partial charge in [-0.25, -0.2) is 0 Å². The number of hydrogen-bond donors (Lipinski definition) is 2. The van der Waals surface area contributed by atoms with Gasteiger partial charge in [0.25, 0.3) is 0 Å². The predicted molar refractivity (Wildman–Crippen MR) is 77.9 cm³/mol. The van der Waals surface area contributed by atoms with E-state index in [-0.39, 0.29) is 0 Å². The monoisotopic (exact) mass is 274 g/mol. The van der Waals surface area contributed by atoms with Crippen LogP contribution in [-0.2, 0) is 4.79 Å². The smallest absolute Gasteiger partial charge is 0.325 e. The lowest BCUT2D eigenvalue weighted by atomic mass is 9.96. The zero-order valence-corrected chi connectivity index (χ0v) is 11.7. The van der Waals surface area contributed by atoms with E-state index in [0.717, 1.165) is 38.2 Å². The molecule has 2 aliphatic rings. The Kier molecular flexibility index (Phi) is 4.03. The lowest BCUT2D eigenvalue weighted by molar-refractivity contribution is -0.143. The SMILES string of the molecule is O=C(O)C(c1ccccc1C1CC1)N1CCCNCC1. The Bertz CT molecular complexity index is 477. The van der Waals surface area contributed by atoms with Crippen LogP contribution in [0.3, 0.4) is 0 Å². The second kappa shape index (κ2) is 5.94. The fourth-order valence-corrected chi connectivity index (χ4v) is 3.14. The number of hydrogen-bond acceptors (Lipinski definition) is 3. The molecule has 3 rings (SSSR count). The summed E-state index contributed by atoms with van der Waals surface area (Å²) in [6, 6.07) is 7.61. The zero-order chi connectivity index (χ0) is 13.9. The van der Waals surface area contributed by atoms with Crippen LogP contribution in [-0.4, -0.2) is 42.2 Å². The molecule has 1 unspecified atom stereocenters. The molecule has 20 heavy (non-hydrogen) atoms. The summed E-state index contributed by atoms with van der Waals surface area (Å²) in [6.45, 7) is 3.50. The summed E-state index contributed by atoms with van der Waals surface area (Å²) in [6.07, 6.45) is 3.41. The van der Waals surface area contributed by atoms with Crippen molar-refractivity contribution in [3.05, 3.63) is 35.4 Å². The van der Waals surface area contributed by atoms with Crippen molar-refractivity contribution >= 4 is 5.97 Å². The van der Waals surface area contributed by atoms with Crippen molar-refractivity contribution in [2.45, 2.75) is 31.2 Å². The minimum Gasteiger partial charge on any atom is -0.480 e. The normalized spacial score (nSPS) is 22.2. The molecule has 1 heterocycles. The van der Waals surface area contributed by atoms with Crippen molar-refractivity contribution in [1.82, 2.24) is 10.2 Å². The Morgan fingerprint density at radius 2 is 2.05 bits per heavy atom. The van der Waals surface area contributed by atoms with Crippen LogP contribution in [0.1, 0.15) is 42.3 Å². The van der Waals surface area contributed by atoms with Gasteiger partial charge in [-0.2, -0.15) is 0 Å². The maximum absolute atomic E-state index is 11.8. The molecule has 1 aromatic rings. The average molecular weight is 274 g/mol. The van der Waals surface area contributed by atoms with Gasteiger partial charge in [-0.05, 0) is 42.9 Å². The van der Waals surface area contributed by atoms with Gasteiger partial charge in [0, 0.05) is 19.6 Å².